The number of carbonyl (C=O) groups is 2. The molecule has 0 aliphatic heterocycles. The van der Waals surface area contributed by atoms with Crippen LogP contribution in [0.1, 0.15) is 110 Å². The number of allylic oxidation sites excluding steroid dienone is 2. The van der Waals surface area contributed by atoms with E-state index in [1.54, 1.807) is 0 Å². The fourth-order valence-corrected chi connectivity index (χ4v) is 4.71. The van der Waals surface area contributed by atoms with Gasteiger partial charge >= 0.3 is 0 Å². The molecule has 0 aromatic rings. The van der Waals surface area contributed by atoms with Gasteiger partial charge in [-0.1, -0.05) is 96.1 Å². The van der Waals surface area contributed by atoms with Crippen molar-refractivity contribution in [2.75, 3.05) is 0 Å². The summed E-state index contributed by atoms with van der Waals surface area (Å²) in [5.74, 6) is 1.25. The largest absolute Gasteiger partial charge is 0.281 e. The molecule has 0 saturated heterocycles. The molecule has 162 valence electrons. The summed E-state index contributed by atoms with van der Waals surface area (Å²) in [6, 6.07) is 0. The van der Waals surface area contributed by atoms with Gasteiger partial charge in [0.15, 0.2) is 0 Å². The zero-order valence-electron chi connectivity index (χ0n) is 17.8. The molecule has 28 heavy (non-hydrogen) atoms. The third kappa shape index (κ3) is 12.3. The molecule has 2 aliphatic rings. The molecule has 2 nitrogen and oxygen atoms in total. The fraction of sp³-hybridized carbons (Fsp3) is 0.833. The number of unbranched alkanes of at least 4 members (excludes halogenated alkanes) is 12. The van der Waals surface area contributed by atoms with Crippen molar-refractivity contribution in [2.24, 2.45) is 17.8 Å². The second kappa shape index (κ2) is 16.5. The quantitative estimate of drug-likeness (QED) is 0.149. The van der Waals surface area contributed by atoms with Crippen molar-refractivity contribution in [3.63, 3.8) is 0 Å². The van der Waals surface area contributed by atoms with Gasteiger partial charge in [0, 0.05) is 12.3 Å². The molecule has 0 radical (unpaired) electrons. The van der Waals surface area contributed by atoms with Crippen molar-refractivity contribution < 1.29 is 9.59 Å². The highest BCUT2D eigenvalue weighted by atomic mass is 35.5. The third-order valence-corrected chi connectivity index (χ3v) is 6.52. The van der Waals surface area contributed by atoms with Gasteiger partial charge in [0.1, 0.15) is 0 Å². The molecule has 0 N–H and O–H groups in total. The first-order valence-electron chi connectivity index (χ1n) is 11.6. The minimum atomic E-state index is -0.182. The summed E-state index contributed by atoms with van der Waals surface area (Å²) in [5.41, 5.74) is 0. The Morgan fingerprint density at radius 3 is 1.57 bits per heavy atom. The molecule has 2 aliphatic carbocycles. The van der Waals surface area contributed by atoms with Gasteiger partial charge in [-0.15, -0.1) is 0 Å². The summed E-state index contributed by atoms with van der Waals surface area (Å²) < 4.78 is 0. The molecule has 0 amide bonds. The molecule has 0 aromatic carbocycles. The highest BCUT2D eigenvalue weighted by Gasteiger charge is 2.38. The predicted octanol–water partition coefficient (Wildman–Crippen LogP) is 8.20. The van der Waals surface area contributed by atoms with Crippen LogP contribution < -0.4 is 0 Å². The number of carbonyl (C=O) groups excluding carboxylic acids is 2. The van der Waals surface area contributed by atoms with E-state index in [0.29, 0.717) is 18.3 Å². The standard InChI is InChI=1S/C16H31ClO.C8H9ClO/c1-2-3-4-5-6-7-8-9-10-11-12-13-14-15-16(17)18;9-8(10)7-4-5-1-2-6(7)3-5/h2-15H2,1H3;1-2,5-7H,3-4H2. The highest BCUT2D eigenvalue weighted by Crippen LogP contribution is 2.44. The average Bonchev–Trinajstić information content (AvgIpc) is 3.29. The van der Waals surface area contributed by atoms with Crippen LogP contribution in [-0.4, -0.2) is 10.5 Å². The van der Waals surface area contributed by atoms with E-state index >= 15 is 0 Å². The lowest BCUT2D eigenvalue weighted by Crippen LogP contribution is -2.13. The zero-order valence-corrected chi connectivity index (χ0v) is 19.3. The molecule has 2 bridgehead atoms. The van der Waals surface area contributed by atoms with Crippen LogP contribution in [0.15, 0.2) is 12.2 Å². The lowest BCUT2D eigenvalue weighted by molar-refractivity contribution is -0.115. The maximum Gasteiger partial charge on any atom is 0.225 e. The van der Waals surface area contributed by atoms with Crippen LogP contribution in [0.25, 0.3) is 0 Å². The maximum absolute atomic E-state index is 10.8. The first-order chi connectivity index (χ1) is 13.5. The summed E-state index contributed by atoms with van der Waals surface area (Å²) in [6.07, 6.45) is 24.4. The van der Waals surface area contributed by atoms with Gasteiger partial charge < -0.3 is 0 Å². The van der Waals surface area contributed by atoms with E-state index in [1.807, 2.05) is 0 Å². The van der Waals surface area contributed by atoms with E-state index in [0.717, 1.165) is 25.7 Å². The van der Waals surface area contributed by atoms with Gasteiger partial charge in [0.25, 0.3) is 0 Å². The Bertz CT molecular complexity index is 462. The molecular formula is C24H40Cl2O2. The van der Waals surface area contributed by atoms with E-state index in [9.17, 15) is 9.59 Å². The summed E-state index contributed by atoms with van der Waals surface area (Å²) >= 11 is 10.7. The van der Waals surface area contributed by atoms with Gasteiger partial charge in [0.2, 0.25) is 10.5 Å². The minimum absolute atomic E-state index is 0.136. The number of halogens is 2. The van der Waals surface area contributed by atoms with Crippen molar-refractivity contribution in [1.82, 2.24) is 0 Å². The van der Waals surface area contributed by atoms with Crippen LogP contribution in [0, 0.1) is 17.8 Å². The molecule has 0 aromatic heterocycles. The van der Waals surface area contributed by atoms with Gasteiger partial charge in [-0.3, -0.25) is 9.59 Å². The van der Waals surface area contributed by atoms with Crippen molar-refractivity contribution in [2.45, 2.75) is 110 Å². The maximum atomic E-state index is 10.8. The molecule has 2 rings (SSSR count). The van der Waals surface area contributed by atoms with E-state index in [1.165, 1.54) is 70.6 Å². The summed E-state index contributed by atoms with van der Waals surface area (Å²) in [6.45, 7) is 2.27. The van der Waals surface area contributed by atoms with Crippen molar-refractivity contribution in [1.29, 1.82) is 0 Å². The molecule has 0 heterocycles. The van der Waals surface area contributed by atoms with E-state index in [-0.39, 0.29) is 16.4 Å². The third-order valence-electron chi connectivity index (χ3n) is 6.05. The minimum Gasteiger partial charge on any atom is -0.281 e. The lowest BCUT2D eigenvalue weighted by Gasteiger charge is -2.11. The van der Waals surface area contributed by atoms with Crippen LogP contribution in [-0.2, 0) is 9.59 Å². The molecule has 3 atom stereocenters. The Hall–Kier alpha value is -0.340. The van der Waals surface area contributed by atoms with E-state index in [2.05, 4.69) is 19.1 Å². The van der Waals surface area contributed by atoms with E-state index in [4.69, 9.17) is 23.2 Å². The summed E-state index contributed by atoms with van der Waals surface area (Å²) in [7, 11) is 0. The second-order valence-electron chi connectivity index (χ2n) is 8.54. The van der Waals surface area contributed by atoms with Gasteiger partial charge in [0.05, 0.1) is 0 Å². The molecule has 3 unspecified atom stereocenters. The number of fused-ring (bicyclic) bond motifs is 2. The summed E-state index contributed by atoms with van der Waals surface area (Å²) in [4.78, 5) is 21.3. The second-order valence-corrected chi connectivity index (χ2v) is 9.33. The van der Waals surface area contributed by atoms with Gasteiger partial charge in [-0.05, 0) is 54.3 Å². The molecule has 4 heteroatoms. The first kappa shape index (κ1) is 25.7. The zero-order chi connectivity index (χ0) is 20.6. The monoisotopic (exact) mass is 430 g/mol. The van der Waals surface area contributed by atoms with Crippen LogP contribution in [0.2, 0.25) is 0 Å². The Balaban J connectivity index is 0.000000324. The lowest BCUT2D eigenvalue weighted by atomic mass is 9.95. The summed E-state index contributed by atoms with van der Waals surface area (Å²) in [5, 5.41) is -0.324. The predicted molar refractivity (Wildman–Crippen MR) is 121 cm³/mol. The van der Waals surface area contributed by atoms with Crippen molar-refractivity contribution >= 4 is 33.7 Å². The Labute approximate surface area is 182 Å². The fourth-order valence-electron chi connectivity index (χ4n) is 4.32. The number of rotatable bonds is 15. The van der Waals surface area contributed by atoms with Crippen LogP contribution >= 0.6 is 23.2 Å². The SMILES string of the molecule is CCCCCCCCCCCCCCCC(=O)Cl.O=C(Cl)C1CC2C=CC1C2. The Kier molecular flexibility index (Phi) is 15.1. The average molecular weight is 431 g/mol. The number of hydrogen-bond acceptors (Lipinski definition) is 2. The Morgan fingerprint density at radius 2 is 1.25 bits per heavy atom. The normalized spacial score (nSPS) is 22.2. The van der Waals surface area contributed by atoms with Gasteiger partial charge in [-0.25, -0.2) is 0 Å². The topological polar surface area (TPSA) is 34.1 Å². The van der Waals surface area contributed by atoms with Crippen LogP contribution in [0.4, 0.5) is 0 Å². The first-order valence-corrected chi connectivity index (χ1v) is 12.4. The van der Waals surface area contributed by atoms with Crippen molar-refractivity contribution in [3.8, 4) is 0 Å². The number of hydrogen-bond donors (Lipinski definition) is 0. The molecule has 0 spiro atoms. The molecular weight excluding hydrogens is 391 g/mol. The molecule has 1 fully saturated rings. The molecule has 1 saturated carbocycles. The van der Waals surface area contributed by atoms with Crippen molar-refractivity contribution in [3.05, 3.63) is 12.2 Å². The van der Waals surface area contributed by atoms with Crippen LogP contribution in [0.5, 0.6) is 0 Å². The smallest absolute Gasteiger partial charge is 0.225 e. The van der Waals surface area contributed by atoms with Gasteiger partial charge in [-0.2, -0.15) is 0 Å². The highest BCUT2D eigenvalue weighted by molar-refractivity contribution is 6.64. The van der Waals surface area contributed by atoms with E-state index < -0.39 is 0 Å². The Morgan fingerprint density at radius 1 is 0.750 bits per heavy atom. The van der Waals surface area contributed by atoms with Crippen LogP contribution in [0.3, 0.4) is 0 Å².